The Morgan fingerprint density at radius 2 is 2.14 bits per heavy atom. The van der Waals surface area contributed by atoms with Crippen molar-refractivity contribution >= 4 is 0 Å². The third kappa shape index (κ3) is 0.787. The van der Waals surface area contributed by atoms with Gasteiger partial charge in [-0.2, -0.15) is 8.78 Å². The lowest BCUT2D eigenvalue weighted by Crippen LogP contribution is -1.56. The molecule has 0 aromatic rings. The van der Waals surface area contributed by atoms with E-state index in [1.807, 2.05) is 0 Å². The number of hydrogen-bond donors (Lipinski definition) is 0. The summed E-state index contributed by atoms with van der Waals surface area (Å²) in [7, 11) is 0. The molecule has 0 aromatic heterocycles. The molecule has 1 aliphatic carbocycles. The van der Waals surface area contributed by atoms with Crippen LogP contribution in [0.25, 0.3) is 0 Å². The van der Waals surface area contributed by atoms with Crippen LogP contribution in [0.5, 0.6) is 0 Å². The Morgan fingerprint density at radius 1 is 1.71 bits per heavy atom. The highest BCUT2D eigenvalue weighted by molar-refractivity contribution is 5.21. The molecule has 0 heterocycles. The summed E-state index contributed by atoms with van der Waals surface area (Å²) in [6, 6.07) is 0. The normalized spacial score (nSPS) is 27.9. The van der Waals surface area contributed by atoms with E-state index in [0.29, 0.717) is 12.0 Å². The predicted octanol–water partition coefficient (Wildman–Crippen LogP) is 2.18. The minimum absolute atomic E-state index is 0.171. The van der Waals surface area contributed by atoms with Crippen molar-refractivity contribution < 1.29 is 8.78 Å². The molecule has 1 aliphatic rings. The van der Waals surface area contributed by atoms with Gasteiger partial charge in [0, 0.05) is 0 Å². The first-order valence-electron chi connectivity index (χ1n) is 2.26. The highest BCUT2D eigenvalue weighted by Crippen LogP contribution is 2.40. The van der Waals surface area contributed by atoms with Crippen LogP contribution in [0.2, 0.25) is 0 Å². The Balaban J connectivity index is 2.60. The molecule has 0 saturated heterocycles. The lowest BCUT2D eigenvalue weighted by molar-refractivity contribution is 0.416. The summed E-state index contributed by atoms with van der Waals surface area (Å²) < 4.78 is 22.7. The van der Waals surface area contributed by atoms with Gasteiger partial charge in [0.1, 0.15) is 0 Å². The fourth-order valence-electron chi connectivity index (χ4n) is 0.534. The molecule has 40 valence electrons. The Bertz CT molecular complexity index is 111. The SMILES string of the molecule is CC1CC1=C(F)F. The molecule has 2 heteroatoms. The van der Waals surface area contributed by atoms with Gasteiger partial charge in [0.25, 0.3) is 6.08 Å². The van der Waals surface area contributed by atoms with Crippen molar-refractivity contribution in [3.8, 4) is 0 Å². The van der Waals surface area contributed by atoms with Crippen molar-refractivity contribution in [1.82, 2.24) is 0 Å². The fraction of sp³-hybridized carbons (Fsp3) is 0.600. The van der Waals surface area contributed by atoms with E-state index in [0.717, 1.165) is 0 Å². The smallest absolute Gasteiger partial charge is 0.173 e. The summed E-state index contributed by atoms with van der Waals surface area (Å²) in [5.74, 6) is 0.171. The third-order valence-corrected chi connectivity index (χ3v) is 1.20. The van der Waals surface area contributed by atoms with E-state index in [1.165, 1.54) is 0 Å². The monoisotopic (exact) mass is 104 g/mol. The second kappa shape index (κ2) is 1.29. The molecule has 0 N–H and O–H groups in total. The van der Waals surface area contributed by atoms with Crippen LogP contribution in [-0.2, 0) is 0 Å². The molecule has 0 radical (unpaired) electrons. The number of halogens is 2. The summed E-state index contributed by atoms with van der Waals surface area (Å²) in [6.07, 6.45) is -0.852. The van der Waals surface area contributed by atoms with Gasteiger partial charge in [-0.15, -0.1) is 0 Å². The van der Waals surface area contributed by atoms with Gasteiger partial charge in [0.2, 0.25) is 0 Å². The highest BCUT2D eigenvalue weighted by Gasteiger charge is 2.29. The second-order valence-electron chi connectivity index (χ2n) is 1.89. The van der Waals surface area contributed by atoms with Crippen LogP contribution < -0.4 is 0 Å². The van der Waals surface area contributed by atoms with E-state index in [9.17, 15) is 8.78 Å². The molecule has 1 saturated carbocycles. The standard InChI is InChI=1S/C5H6F2/c1-3-2-4(3)5(6)7/h3H,2H2,1H3. The van der Waals surface area contributed by atoms with E-state index >= 15 is 0 Å². The topological polar surface area (TPSA) is 0 Å². The van der Waals surface area contributed by atoms with E-state index < -0.39 is 6.08 Å². The molecule has 1 atom stereocenters. The fourth-order valence-corrected chi connectivity index (χ4v) is 0.534. The molecule has 7 heavy (non-hydrogen) atoms. The van der Waals surface area contributed by atoms with Crippen LogP contribution in [0, 0.1) is 5.92 Å². The van der Waals surface area contributed by atoms with E-state index in [1.54, 1.807) is 6.92 Å². The maximum Gasteiger partial charge on any atom is 0.269 e. The van der Waals surface area contributed by atoms with Crippen LogP contribution in [0.1, 0.15) is 13.3 Å². The Labute approximate surface area is 40.8 Å². The molecule has 0 aromatic carbocycles. The lowest BCUT2D eigenvalue weighted by atomic mass is 10.5. The summed E-state index contributed by atoms with van der Waals surface area (Å²) in [5.41, 5.74) is 0.347. The minimum Gasteiger partial charge on any atom is -0.173 e. The first-order chi connectivity index (χ1) is 3.22. The summed E-state index contributed by atoms with van der Waals surface area (Å²) in [5, 5.41) is 0. The predicted molar refractivity (Wildman–Crippen MR) is 23.0 cm³/mol. The minimum atomic E-state index is -1.47. The molecule has 0 bridgehead atoms. The molecule has 1 unspecified atom stereocenters. The van der Waals surface area contributed by atoms with E-state index in [4.69, 9.17) is 0 Å². The van der Waals surface area contributed by atoms with E-state index in [2.05, 4.69) is 0 Å². The van der Waals surface area contributed by atoms with Crippen LogP contribution >= 0.6 is 0 Å². The van der Waals surface area contributed by atoms with Gasteiger partial charge in [-0.1, -0.05) is 6.92 Å². The Hall–Kier alpha value is -0.400. The Kier molecular flexibility index (Phi) is 0.873. The average molecular weight is 104 g/mol. The van der Waals surface area contributed by atoms with Gasteiger partial charge in [-0.3, -0.25) is 0 Å². The van der Waals surface area contributed by atoms with Gasteiger partial charge in [-0.25, -0.2) is 0 Å². The maximum atomic E-state index is 11.3. The first-order valence-corrected chi connectivity index (χ1v) is 2.26. The molecular formula is C5H6F2. The molecule has 1 rings (SSSR count). The Morgan fingerprint density at radius 3 is 2.14 bits per heavy atom. The first kappa shape index (κ1) is 4.75. The number of allylic oxidation sites excluding steroid dienone is 1. The molecular weight excluding hydrogens is 98.1 g/mol. The molecule has 0 nitrogen and oxygen atoms in total. The molecule has 0 aliphatic heterocycles. The molecule has 0 amide bonds. The second-order valence-corrected chi connectivity index (χ2v) is 1.89. The lowest BCUT2D eigenvalue weighted by Gasteiger charge is -1.70. The molecule has 0 spiro atoms. The van der Waals surface area contributed by atoms with Crippen LogP contribution in [0.4, 0.5) is 8.78 Å². The highest BCUT2D eigenvalue weighted by atomic mass is 19.3. The third-order valence-electron chi connectivity index (χ3n) is 1.20. The average Bonchev–Trinajstić information content (AvgIpc) is 2.17. The largest absolute Gasteiger partial charge is 0.269 e. The van der Waals surface area contributed by atoms with E-state index in [-0.39, 0.29) is 5.92 Å². The van der Waals surface area contributed by atoms with Crippen molar-refractivity contribution in [3.63, 3.8) is 0 Å². The van der Waals surface area contributed by atoms with Crippen molar-refractivity contribution in [1.29, 1.82) is 0 Å². The zero-order valence-corrected chi connectivity index (χ0v) is 4.04. The van der Waals surface area contributed by atoms with Gasteiger partial charge in [0.05, 0.1) is 0 Å². The summed E-state index contributed by atoms with van der Waals surface area (Å²) in [4.78, 5) is 0. The molecule has 1 fully saturated rings. The van der Waals surface area contributed by atoms with Crippen molar-refractivity contribution in [2.75, 3.05) is 0 Å². The maximum absolute atomic E-state index is 11.3. The quantitative estimate of drug-likeness (QED) is 0.441. The van der Waals surface area contributed by atoms with Crippen LogP contribution in [0.15, 0.2) is 11.7 Å². The zero-order valence-electron chi connectivity index (χ0n) is 4.04. The summed E-state index contributed by atoms with van der Waals surface area (Å²) >= 11 is 0. The number of rotatable bonds is 0. The number of hydrogen-bond acceptors (Lipinski definition) is 0. The van der Waals surface area contributed by atoms with Gasteiger partial charge >= 0.3 is 0 Å². The summed E-state index contributed by atoms with van der Waals surface area (Å²) in [6.45, 7) is 1.80. The van der Waals surface area contributed by atoms with Gasteiger partial charge in [-0.05, 0) is 17.9 Å². The van der Waals surface area contributed by atoms with Crippen LogP contribution in [-0.4, -0.2) is 0 Å². The van der Waals surface area contributed by atoms with Crippen molar-refractivity contribution in [2.45, 2.75) is 13.3 Å². The van der Waals surface area contributed by atoms with Gasteiger partial charge in [0.15, 0.2) is 0 Å². The zero-order chi connectivity index (χ0) is 5.44. The van der Waals surface area contributed by atoms with Crippen molar-refractivity contribution in [2.24, 2.45) is 5.92 Å². The van der Waals surface area contributed by atoms with Crippen molar-refractivity contribution in [3.05, 3.63) is 11.7 Å². The van der Waals surface area contributed by atoms with Gasteiger partial charge < -0.3 is 0 Å². The van der Waals surface area contributed by atoms with Crippen LogP contribution in [0.3, 0.4) is 0 Å².